The molecule has 0 aliphatic carbocycles. The van der Waals surface area contributed by atoms with E-state index in [1.54, 1.807) is 25.3 Å². The topological polar surface area (TPSA) is 76.2 Å². The van der Waals surface area contributed by atoms with Gasteiger partial charge in [0.05, 0.1) is 32.4 Å². The molecule has 6 nitrogen and oxygen atoms in total. The second-order valence-corrected chi connectivity index (χ2v) is 3.49. The number of nitrogens with zero attached hydrogens (tertiary/aromatic N) is 1. The molecular weight excluding hydrogens is 234 g/mol. The van der Waals surface area contributed by atoms with Crippen molar-refractivity contribution in [2.24, 2.45) is 0 Å². The maximum absolute atomic E-state index is 11.8. The Kier molecular flexibility index (Phi) is 3.47. The van der Waals surface area contributed by atoms with E-state index in [2.05, 4.69) is 15.3 Å². The predicted octanol–water partition coefficient (Wildman–Crippen LogP) is 1.68. The van der Waals surface area contributed by atoms with Gasteiger partial charge in [-0.05, 0) is 12.1 Å². The fourth-order valence-electron chi connectivity index (χ4n) is 1.47. The van der Waals surface area contributed by atoms with Crippen LogP contribution in [0, 0.1) is 0 Å². The van der Waals surface area contributed by atoms with Crippen LogP contribution in [-0.4, -0.2) is 30.1 Å². The van der Waals surface area contributed by atoms with Crippen LogP contribution in [0.4, 0.5) is 5.69 Å². The minimum atomic E-state index is -0.282. The molecule has 2 rings (SSSR count). The van der Waals surface area contributed by atoms with Crippen molar-refractivity contribution in [1.29, 1.82) is 0 Å². The summed E-state index contributed by atoms with van der Waals surface area (Å²) in [5, 5.41) is 2.72. The third-order valence-electron chi connectivity index (χ3n) is 2.40. The van der Waals surface area contributed by atoms with Gasteiger partial charge in [0.2, 0.25) is 0 Å². The van der Waals surface area contributed by atoms with E-state index >= 15 is 0 Å². The molecule has 1 aromatic carbocycles. The van der Waals surface area contributed by atoms with E-state index in [9.17, 15) is 4.79 Å². The number of ether oxygens (including phenoxy) is 2. The lowest BCUT2D eigenvalue weighted by Gasteiger charge is -2.10. The van der Waals surface area contributed by atoms with Crippen LogP contribution in [0.3, 0.4) is 0 Å². The van der Waals surface area contributed by atoms with E-state index < -0.39 is 0 Å². The van der Waals surface area contributed by atoms with Crippen LogP contribution >= 0.6 is 0 Å². The second kappa shape index (κ2) is 5.22. The Balaban J connectivity index is 2.21. The Morgan fingerprint density at radius 2 is 2.17 bits per heavy atom. The van der Waals surface area contributed by atoms with Crippen LogP contribution in [-0.2, 0) is 0 Å². The molecule has 2 N–H and O–H groups in total. The van der Waals surface area contributed by atoms with Gasteiger partial charge in [-0.15, -0.1) is 0 Å². The van der Waals surface area contributed by atoms with Gasteiger partial charge in [-0.25, -0.2) is 4.98 Å². The predicted molar refractivity (Wildman–Crippen MR) is 66.1 cm³/mol. The van der Waals surface area contributed by atoms with E-state index in [4.69, 9.17) is 9.47 Å². The van der Waals surface area contributed by atoms with Crippen LogP contribution < -0.4 is 14.8 Å². The second-order valence-electron chi connectivity index (χ2n) is 3.49. The minimum Gasteiger partial charge on any atom is -0.497 e. The summed E-state index contributed by atoms with van der Waals surface area (Å²) in [5.41, 5.74) is 0.950. The molecule has 0 spiro atoms. The van der Waals surface area contributed by atoms with Gasteiger partial charge in [0.1, 0.15) is 17.2 Å². The standard InChI is InChI=1S/C12H13N3O3/c1-17-8-3-4-9(11(5-8)18-2)15-12(16)10-6-13-7-14-10/h3-7H,1-2H3,(H,13,14)(H,15,16). The summed E-state index contributed by atoms with van der Waals surface area (Å²) in [7, 11) is 3.10. The summed E-state index contributed by atoms with van der Waals surface area (Å²) in [4.78, 5) is 18.3. The summed E-state index contributed by atoms with van der Waals surface area (Å²) >= 11 is 0. The lowest BCUT2D eigenvalue weighted by molar-refractivity contribution is 0.102. The molecule has 94 valence electrons. The molecule has 18 heavy (non-hydrogen) atoms. The highest BCUT2D eigenvalue weighted by Crippen LogP contribution is 2.29. The van der Waals surface area contributed by atoms with Crippen LogP contribution in [0.25, 0.3) is 0 Å². The number of aromatic amines is 1. The van der Waals surface area contributed by atoms with E-state index in [1.165, 1.54) is 19.6 Å². The number of carbonyl (C=O) groups excluding carboxylic acids is 1. The van der Waals surface area contributed by atoms with Crippen molar-refractivity contribution in [3.63, 3.8) is 0 Å². The Labute approximate surface area is 104 Å². The fraction of sp³-hybridized carbons (Fsp3) is 0.167. The first-order valence-electron chi connectivity index (χ1n) is 5.26. The molecule has 0 atom stereocenters. The largest absolute Gasteiger partial charge is 0.497 e. The van der Waals surface area contributed by atoms with Crippen molar-refractivity contribution in [2.45, 2.75) is 0 Å². The minimum absolute atomic E-state index is 0.282. The molecule has 2 aromatic rings. The first-order chi connectivity index (χ1) is 8.74. The number of carbonyl (C=O) groups is 1. The first kappa shape index (κ1) is 12.0. The molecule has 0 aliphatic heterocycles. The number of methoxy groups -OCH3 is 2. The number of imidazole rings is 1. The third-order valence-corrected chi connectivity index (χ3v) is 2.40. The number of anilines is 1. The number of hydrogen-bond donors (Lipinski definition) is 2. The first-order valence-corrected chi connectivity index (χ1v) is 5.26. The Bertz CT molecular complexity index is 538. The fourth-order valence-corrected chi connectivity index (χ4v) is 1.47. The quantitative estimate of drug-likeness (QED) is 0.861. The van der Waals surface area contributed by atoms with Crippen LogP contribution in [0.1, 0.15) is 10.5 Å². The van der Waals surface area contributed by atoms with Crippen LogP contribution in [0.2, 0.25) is 0 Å². The van der Waals surface area contributed by atoms with Crippen molar-refractivity contribution >= 4 is 11.6 Å². The lowest BCUT2D eigenvalue weighted by atomic mass is 10.2. The van der Waals surface area contributed by atoms with E-state index in [-0.39, 0.29) is 5.91 Å². The normalized spacial score (nSPS) is 9.89. The average Bonchev–Trinajstić information content (AvgIpc) is 2.93. The molecule has 0 unspecified atom stereocenters. The maximum atomic E-state index is 11.8. The number of benzene rings is 1. The van der Waals surface area contributed by atoms with Gasteiger partial charge in [0, 0.05) is 6.07 Å². The van der Waals surface area contributed by atoms with Crippen molar-refractivity contribution < 1.29 is 14.3 Å². The SMILES string of the molecule is COc1ccc(NC(=O)c2cnc[nH]2)c(OC)c1. The number of aromatic nitrogens is 2. The zero-order chi connectivity index (χ0) is 13.0. The Hall–Kier alpha value is -2.50. The molecule has 1 amide bonds. The Morgan fingerprint density at radius 3 is 2.78 bits per heavy atom. The molecule has 0 saturated heterocycles. The van der Waals surface area contributed by atoms with Crippen molar-refractivity contribution in [2.75, 3.05) is 19.5 Å². The highest BCUT2D eigenvalue weighted by atomic mass is 16.5. The van der Waals surface area contributed by atoms with Gasteiger partial charge in [-0.3, -0.25) is 4.79 Å². The van der Waals surface area contributed by atoms with Gasteiger partial charge in [0.15, 0.2) is 0 Å². The Morgan fingerprint density at radius 1 is 1.33 bits per heavy atom. The molecule has 0 saturated carbocycles. The summed E-state index contributed by atoms with van der Waals surface area (Å²) in [6, 6.07) is 5.15. The highest BCUT2D eigenvalue weighted by molar-refractivity contribution is 6.03. The van der Waals surface area contributed by atoms with E-state index in [0.717, 1.165) is 0 Å². The van der Waals surface area contributed by atoms with Crippen molar-refractivity contribution in [3.05, 3.63) is 36.4 Å². The number of hydrogen-bond acceptors (Lipinski definition) is 4. The highest BCUT2D eigenvalue weighted by Gasteiger charge is 2.11. The summed E-state index contributed by atoms with van der Waals surface area (Å²) in [6.07, 6.45) is 2.89. The van der Waals surface area contributed by atoms with E-state index in [1.807, 2.05) is 0 Å². The zero-order valence-corrected chi connectivity index (χ0v) is 10.1. The zero-order valence-electron chi connectivity index (χ0n) is 10.1. The molecule has 1 aromatic heterocycles. The molecule has 0 radical (unpaired) electrons. The maximum Gasteiger partial charge on any atom is 0.273 e. The number of amides is 1. The smallest absolute Gasteiger partial charge is 0.273 e. The molecule has 0 bridgehead atoms. The number of H-pyrrole nitrogens is 1. The summed E-state index contributed by atoms with van der Waals surface area (Å²) < 4.78 is 10.3. The number of nitrogens with one attached hydrogen (secondary N) is 2. The van der Waals surface area contributed by atoms with Crippen molar-refractivity contribution in [1.82, 2.24) is 9.97 Å². The molecular formula is C12H13N3O3. The molecule has 0 aliphatic rings. The molecule has 6 heteroatoms. The van der Waals surface area contributed by atoms with E-state index in [0.29, 0.717) is 22.9 Å². The average molecular weight is 247 g/mol. The van der Waals surface area contributed by atoms with Crippen molar-refractivity contribution in [3.8, 4) is 11.5 Å². The number of rotatable bonds is 4. The summed E-state index contributed by atoms with van der Waals surface area (Å²) in [5.74, 6) is 0.907. The lowest BCUT2D eigenvalue weighted by Crippen LogP contribution is -2.13. The van der Waals surface area contributed by atoms with Gasteiger partial charge in [0.25, 0.3) is 5.91 Å². The van der Waals surface area contributed by atoms with Gasteiger partial charge < -0.3 is 19.8 Å². The van der Waals surface area contributed by atoms with Crippen LogP contribution in [0.15, 0.2) is 30.7 Å². The third kappa shape index (κ3) is 2.42. The monoisotopic (exact) mass is 247 g/mol. The van der Waals surface area contributed by atoms with Gasteiger partial charge in [-0.2, -0.15) is 0 Å². The summed E-state index contributed by atoms with van der Waals surface area (Å²) in [6.45, 7) is 0. The molecule has 1 heterocycles. The van der Waals surface area contributed by atoms with Gasteiger partial charge >= 0.3 is 0 Å². The van der Waals surface area contributed by atoms with Gasteiger partial charge in [-0.1, -0.05) is 0 Å². The molecule has 0 fully saturated rings. The van der Waals surface area contributed by atoms with Crippen LogP contribution in [0.5, 0.6) is 11.5 Å².